The molecule has 0 amide bonds. The van der Waals surface area contributed by atoms with Crippen LogP contribution >= 0.6 is 11.3 Å². The zero-order valence-electron chi connectivity index (χ0n) is 27.2. The zero-order valence-corrected chi connectivity index (χ0v) is 28.0. The minimum Gasteiger partial charge on any atom is -0.311 e. The van der Waals surface area contributed by atoms with E-state index in [-0.39, 0.29) is 0 Å². The molecule has 0 fully saturated rings. The summed E-state index contributed by atoms with van der Waals surface area (Å²) in [5.74, 6) is 0. The quantitative estimate of drug-likeness (QED) is 0.174. The first kappa shape index (κ1) is 29.2. The molecule has 0 bridgehead atoms. The Bertz CT molecular complexity index is 2580. The molecular weight excluding hydrogens is 611 g/mol. The van der Waals surface area contributed by atoms with Gasteiger partial charge in [-0.2, -0.15) is 0 Å². The predicted octanol–water partition coefficient (Wildman–Crippen LogP) is 14.0. The normalized spacial score (nSPS) is 11.4. The minimum absolute atomic E-state index is 1.12. The van der Waals surface area contributed by atoms with Crippen LogP contribution in [0.5, 0.6) is 0 Å². The second kappa shape index (κ2) is 12.2. The number of fused-ring (bicyclic) bond motifs is 5. The van der Waals surface area contributed by atoms with E-state index in [1.54, 1.807) is 0 Å². The van der Waals surface area contributed by atoms with Gasteiger partial charge in [0.1, 0.15) is 0 Å². The number of anilines is 3. The number of nitrogens with zero attached hydrogens (tertiary/aromatic N) is 1. The van der Waals surface area contributed by atoms with Crippen molar-refractivity contribution in [3.05, 3.63) is 188 Å². The van der Waals surface area contributed by atoms with Crippen LogP contribution in [0.3, 0.4) is 0 Å². The number of hydrogen-bond donors (Lipinski definition) is 0. The van der Waals surface area contributed by atoms with E-state index in [4.69, 9.17) is 0 Å². The zero-order chi connectivity index (χ0) is 32.7. The lowest BCUT2D eigenvalue weighted by Crippen LogP contribution is -2.09. The highest BCUT2D eigenvalue weighted by atomic mass is 32.1. The first-order valence-corrected chi connectivity index (χ1v) is 17.6. The van der Waals surface area contributed by atoms with Gasteiger partial charge in [-0.1, -0.05) is 139 Å². The number of aryl methyl sites for hydroxylation is 1. The molecule has 49 heavy (non-hydrogen) atoms. The number of rotatable bonds is 6. The Kier molecular flexibility index (Phi) is 7.30. The molecule has 0 spiro atoms. The summed E-state index contributed by atoms with van der Waals surface area (Å²) in [6.45, 7) is 2.13. The van der Waals surface area contributed by atoms with E-state index in [1.807, 2.05) is 11.3 Å². The molecule has 0 radical (unpaired) electrons. The van der Waals surface area contributed by atoms with Crippen LogP contribution in [0.2, 0.25) is 0 Å². The summed E-state index contributed by atoms with van der Waals surface area (Å²) < 4.78 is 2.68. The topological polar surface area (TPSA) is 3.24 Å². The van der Waals surface area contributed by atoms with E-state index in [0.717, 1.165) is 17.1 Å². The van der Waals surface area contributed by atoms with Gasteiger partial charge in [0.15, 0.2) is 0 Å². The van der Waals surface area contributed by atoms with Crippen LogP contribution in [-0.2, 0) is 0 Å². The smallest absolute Gasteiger partial charge is 0.0462 e. The van der Waals surface area contributed by atoms with Gasteiger partial charge < -0.3 is 4.90 Å². The van der Waals surface area contributed by atoms with Gasteiger partial charge in [0.2, 0.25) is 0 Å². The van der Waals surface area contributed by atoms with E-state index < -0.39 is 0 Å². The average Bonchev–Trinajstić information content (AvgIpc) is 3.56. The first-order chi connectivity index (χ1) is 24.2. The molecule has 0 aliphatic heterocycles. The molecule has 1 heterocycles. The summed E-state index contributed by atoms with van der Waals surface area (Å²) in [5, 5.41) is 5.30. The molecule has 232 valence electrons. The fraction of sp³-hybridized carbons (Fsp3) is 0.0213. The van der Waals surface area contributed by atoms with Crippen molar-refractivity contribution in [3.63, 3.8) is 0 Å². The van der Waals surface area contributed by atoms with E-state index in [2.05, 4.69) is 194 Å². The summed E-state index contributed by atoms with van der Waals surface area (Å²) in [6, 6.07) is 66.2. The number of thiophene rings is 1. The molecule has 0 saturated carbocycles. The molecule has 0 aliphatic carbocycles. The highest BCUT2D eigenvalue weighted by molar-refractivity contribution is 7.26. The second-order valence-electron chi connectivity index (χ2n) is 12.7. The van der Waals surface area contributed by atoms with Crippen LogP contribution in [-0.4, -0.2) is 0 Å². The summed E-state index contributed by atoms with van der Waals surface area (Å²) in [5.41, 5.74) is 12.0. The molecular formula is C47H33NS. The largest absolute Gasteiger partial charge is 0.311 e. The Balaban J connectivity index is 1.08. The molecule has 0 atom stereocenters. The number of hydrogen-bond acceptors (Lipinski definition) is 2. The Morgan fingerprint density at radius 1 is 0.408 bits per heavy atom. The van der Waals surface area contributed by atoms with Gasteiger partial charge in [-0.3, -0.25) is 0 Å². The maximum Gasteiger partial charge on any atom is 0.0462 e. The third kappa shape index (κ3) is 5.37. The van der Waals surface area contributed by atoms with E-state index in [0.29, 0.717) is 0 Å². The van der Waals surface area contributed by atoms with Crippen LogP contribution in [0.1, 0.15) is 5.56 Å². The van der Waals surface area contributed by atoms with Crippen molar-refractivity contribution in [2.24, 2.45) is 0 Å². The van der Waals surface area contributed by atoms with Gasteiger partial charge in [-0.05, 0) is 99.6 Å². The molecule has 0 unspecified atom stereocenters. The van der Waals surface area contributed by atoms with Gasteiger partial charge in [-0.25, -0.2) is 0 Å². The van der Waals surface area contributed by atoms with Crippen molar-refractivity contribution in [1.29, 1.82) is 0 Å². The molecule has 2 heteroatoms. The predicted molar refractivity (Wildman–Crippen MR) is 213 cm³/mol. The first-order valence-electron chi connectivity index (χ1n) is 16.8. The van der Waals surface area contributed by atoms with Crippen molar-refractivity contribution in [2.45, 2.75) is 6.92 Å². The molecule has 1 aromatic heterocycles. The molecule has 9 rings (SSSR count). The van der Waals surface area contributed by atoms with E-state index in [9.17, 15) is 0 Å². The van der Waals surface area contributed by atoms with Crippen molar-refractivity contribution < 1.29 is 0 Å². The summed E-state index contributed by atoms with van der Waals surface area (Å²) in [7, 11) is 0. The molecule has 0 saturated heterocycles. The van der Waals surface area contributed by atoms with Crippen LogP contribution in [0, 0.1) is 6.92 Å². The van der Waals surface area contributed by atoms with Gasteiger partial charge in [0.05, 0.1) is 0 Å². The van der Waals surface area contributed by atoms with E-state index in [1.165, 1.54) is 69.9 Å². The van der Waals surface area contributed by atoms with Crippen molar-refractivity contribution in [2.75, 3.05) is 4.90 Å². The Hall–Kier alpha value is -5.96. The lowest BCUT2D eigenvalue weighted by molar-refractivity contribution is 1.27. The van der Waals surface area contributed by atoms with Crippen LogP contribution in [0.15, 0.2) is 182 Å². The summed E-state index contributed by atoms with van der Waals surface area (Å²) >= 11 is 1.90. The fourth-order valence-electron chi connectivity index (χ4n) is 7.04. The lowest BCUT2D eigenvalue weighted by atomic mass is 9.97. The Morgan fingerprint density at radius 3 is 1.69 bits per heavy atom. The monoisotopic (exact) mass is 643 g/mol. The Labute approximate surface area is 291 Å². The summed E-state index contributed by atoms with van der Waals surface area (Å²) in [6.07, 6.45) is 0. The van der Waals surface area contributed by atoms with E-state index >= 15 is 0 Å². The van der Waals surface area contributed by atoms with Gasteiger partial charge in [-0.15, -0.1) is 11.3 Å². The SMILES string of the molecule is Cc1ccc(N(c2ccc(-c3ccccc3)cc2)c2ccc(-c3cccc(-c4cccc5c4sc4ccc6ccccc6c45)c3)cc2)cc1. The third-order valence-corrected chi connectivity index (χ3v) is 10.7. The molecule has 0 aliphatic rings. The lowest BCUT2D eigenvalue weighted by Gasteiger charge is -2.26. The standard InChI is InChI=1S/C47H33NS/c1-32-17-24-39(25-18-32)48(40-26-19-34(20-27-40)33-9-3-2-4-10-33)41-28-21-35(22-29-41)37-12-7-13-38(31-37)43-15-8-16-44-46-42-14-6-5-11-36(42)23-30-45(46)49-47(43)44/h2-31H,1H3. The third-order valence-electron chi connectivity index (χ3n) is 9.54. The van der Waals surface area contributed by atoms with Crippen molar-refractivity contribution in [3.8, 4) is 33.4 Å². The number of benzene rings is 8. The molecule has 9 aromatic rings. The van der Waals surface area contributed by atoms with Gasteiger partial charge in [0, 0.05) is 37.2 Å². The van der Waals surface area contributed by atoms with Crippen LogP contribution < -0.4 is 4.90 Å². The fourth-order valence-corrected chi connectivity index (χ4v) is 8.29. The second-order valence-corrected chi connectivity index (χ2v) is 13.7. The van der Waals surface area contributed by atoms with Crippen LogP contribution in [0.4, 0.5) is 17.1 Å². The minimum atomic E-state index is 1.12. The van der Waals surface area contributed by atoms with Gasteiger partial charge >= 0.3 is 0 Å². The van der Waals surface area contributed by atoms with Crippen molar-refractivity contribution in [1.82, 2.24) is 0 Å². The van der Waals surface area contributed by atoms with Gasteiger partial charge in [0.25, 0.3) is 0 Å². The maximum absolute atomic E-state index is 2.34. The molecule has 1 nitrogen and oxygen atoms in total. The average molecular weight is 644 g/mol. The summed E-state index contributed by atoms with van der Waals surface area (Å²) in [4.78, 5) is 2.33. The highest BCUT2D eigenvalue weighted by Crippen LogP contribution is 2.43. The molecule has 0 N–H and O–H groups in total. The highest BCUT2D eigenvalue weighted by Gasteiger charge is 2.15. The maximum atomic E-state index is 2.34. The van der Waals surface area contributed by atoms with Crippen molar-refractivity contribution >= 4 is 59.3 Å². The van der Waals surface area contributed by atoms with Crippen LogP contribution in [0.25, 0.3) is 64.3 Å². The Morgan fingerprint density at radius 2 is 0.959 bits per heavy atom. The molecule has 8 aromatic carbocycles.